The molecule has 0 fully saturated rings. The van der Waals surface area contributed by atoms with E-state index in [0.29, 0.717) is 42.0 Å². The maximum atomic E-state index is 14.7. The number of amides is 2. The summed E-state index contributed by atoms with van der Waals surface area (Å²) in [6, 6.07) is 13.0. The average Bonchev–Trinajstić information content (AvgIpc) is 3.34. The van der Waals surface area contributed by atoms with Crippen LogP contribution in [0.25, 0.3) is 16.8 Å². The first kappa shape index (κ1) is 28.7. The molecule has 6 N–H and O–H groups in total. The van der Waals surface area contributed by atoms with Crippen LogP contribution in [0.3, 0.4) is 0 Å². The summed E-state index contributed by atoms with van der Waals surface area (Å²) in [5.41, 5.74) is 14.8. The van der Waals surface area contributed by atoms with E-state index in [-0.39, 0.29) is 34.2 Å². The van der Waals surface area contributed by atoms with Gasteiger partial charge >= 0.3 is 0 Å². The Labute approximate surface area is 246 Å². The van der Waals surface area contributed by atoms with Crippen LogP contribution in [0.1, 0.15) is 54.1 Å². The molecular weight excluding hydrogens is 561 g/mol. The van der Waals surface area contributed by atoms with Crippen LogP contribution in [-0.2, 0) is 4.79 Å². The van der Waals surface area contributed by atoms with Crippen molar-refractivity contribution in [3.8, 4) is 16.8 Å². The van der Waals surface area contributed by atoms with Crippen LogP contribution in [0, 0.1) is 18.7 Å². The van der Waals surface area contributed by atoms with Crippen molar-refractivity contribution >= 4 is 40.7 Å². The number of anilines is 1. The highest BCUT2D eigenvalue weighted by molar-refractivity contribution is 6.30. The number of hydrogen-bond acceptors (Lipinski definition) is 6. The molecule has 2 amide bonds. The molecule has 2 aromatic heterocycles. The maximum absolute atomic E-state index is 14.7. The van der Waals surface area contributed by atoms with Gasteiger partial charge < -0.3 is 22.1 Å². The van der Waals surface area contributed by atoms with E-state index < -0.39 is 17.8 Å². The number of hydrogen-bond donors (Lipinski definition) is 4. The lowest BCUT2D eigenvalue weighted by molar-refractivity contribution is -0.119. The Morgan fingerprint density at radius 3 is 2.79 bits per heavy atom. The number of guanidine groups is 1. The molecular formula is C29H29ClFN9O2. The number of fused-ring (bicyclic) bond motifs is 4. The molecule has 13 heteroatoms. The predicted molar refractivity (Wildman–Crippen MR) is 158 cm³/mol. The molecule has 11 nitrogen and oxygen atoms in total. The molecule has 2 atom stereocenters. The predicted octanol–water partition coefficient (Wildman–Crippen LogP) is 4.56. The molecule has 0 radical (unpaired) electrons. The Bertz CT molecular complexity index is 1700. The molecule has 1 aliphatic heterocycles. The largest absolute Gasteiger partial charge is 0.370 e. The molecule has 4 aromatic rings. The summed E-state index contributed by atoms with van der Waals surface area (Å²) in [7, 11) is 0. The summed E-state index contributed by atoms with van der Waals surface area (Å²) >= 11 is 5.94. The number of pyridine rings is 1. The van der Waals surface area contributed by atoms with Crippen LogP contribution < -0.4 is 22.1 Å². The minimum absolute atomic E-state index is 0.0435. The third-order valence-electron chi connectivity index (χ3n) is 7.12. The Kier molecular flexibility index (Phi) is 8.16. The maximum Gasteiger partial charge on any atom is 0.274 e. The number of carbonyl (C=O) groups is 2. The smallest absolute Gasteiger partial charge is 0.274 e. The second-order valence-corrected chi connectivity index (χ2v) is 10.5. The minimum Gasteiger partial charge on any atom is -0.370 e. The summed E-state index contributed by atoms with van der Waals surface area (Å²) < 4.78 is 15.9. The van der Waals surface area contributed by atoms with Crippen LogP contribution in [0.15, 0.2) is 59.7 Å². The van der Waals surface area contributed by atoms with Crippen LogP contribution in [0.2, 0.25) is 5.02 Å². The van der Waals surface area contributed by atoms with Crippen molar-refractivity contribution in [1.82, 2.24) is 25.3 Å². The minimum atomic E-state index is -0.664. The number of aromatic nitrogens is 4. The highest BCUT2D eigenvalue weighted by Gasteiger charge is 2.25. The van der Waals surface area contributed by atoms with Gasteiger partial charge in [0.05, 0.1) is 33.8 Å². The molecule has 42 heavy (non-hydrogen) atoms. The quantitative estimate of drug-likeness (QED) is 0.200. The number of aliphatic imine (C=N–C) groups is 1. The fraction of sp³-hybridized carbons (Fsp3) is 0.241. The highest BCUT2D eigenvalue weighted by atomic mass is 35.5. The van der Waals surface area contributed by atoms with E-state index in [1.54, 1.807) is 31.3 Å². The first-order valence-electron chi connectivity index (χ1n) is 13.3. The van der Waals surface area contributed by atoms with E-state index in [4.69, 9.17) is 23.1 Å². The fourth-order valence-corrected chi connectivity index (χ4v) is 5.04. The summed E-state index contributed by atoms with van der Waals surface area (Å²) in [4.78, 5) is 35.2. The molecule has 0 aliphatic carbocycles. The third kappa shape index (κ3) is 5.93. The zero-order valence-electron chi connectivity index (χ0n) is 22.9. The first-order chi connectivity index (χ1) is 20.1. The molecule has 0 spiro atoms. The normalized spacial score (nSPS) is 16.8. The first-order valence-corrected chi connectivity index (χ1v) is 13.7. The lowest BCUT2D eigenvalue weighted by atomic mass is 9.95. The molecule has 216 valence electrons. The van der Waals surface area contributed by atoms with Gasteiger partial charge in [0.15, 0.2) is 17.5 Å². The molecule has 3 heterocycles. The summed E-state index contributed by atoms with van der Waals surface area (Å²) in [5, 5.41) is 14.0. The number of nitrogens with two attached hydrogens (primary N) is 2. The number of nitrogens with one attached hydrogen (secondary N) is 2. The highest BCUT2D eigenvalue weighted by Crippen LogP contribution is 2.34. The topological polar surface area (TPSA) is 166 Å². The van der Waals surface area contributed by atoms with Crippen LogP contribution >= 0.6 is 11.6 Å². The molecule has 2 bridgehead atoms. The number of carbonyl (C=O) groups excluding carboxylic acids is 2. The van der Waals surface area contributed by atoms with E-state index in [0.717, 1.165) is 11.1 Å². The van der Waals surface area contributed by atoms with Crippen LogP contribution in [0.5, 0.6) is 0 Å². The number of rotatable bonds is 4. The Hall–Kier alpha value is -4.84. The van der Waals surface area contributed by atoms with E-state index in [2.05, 4.69) is 30.9 Å². The SMILES string of the molecule is Cc1c(C(=O)NC2CCCC(C)C(=O)Nc3cc(N=C(N)N)ccc3-c3ccnc2c3)nnn1-c1cccc(Cl)c1F. The molecule has 1 aliphatic rings. The van der Waals surface area contributed by atoms with Crippen molar-refractivity contribution in [3.05, 3.63) is 82.6 Å². The molecule has 0 saturated heterocycles. The van der Waals surface area contributed by atoms with Crippen molar-refractivity contribution in [1.29, 1.82) is 0 Å². The summed E-state index contributed by atoms with van der Waals surface area (Å²) in [6.07, 6.45) is 3.37. The Morgan fingerprint density at radius 1 is 1.19 bits per heavy atom. The number of nitrogens with zero attached hydrogens (tertiary/aromatic N) is 5. The third-order valence-corrected chi connectivity index (χ3v) is 7.41. The fourth-order valence-electron chi connectivity index (χ4n) is 4.87. The second kappa shape index (κ2) is 12.0. The van der Waals surface area contributed by atoms with Crippen molar-refractivity contribution in [2.75, 3.05) is 5.32 Å². The van der Waals surface area contributed by atoms with Crippen LogP contribution in [0.4, 0.5) is 15.8 Å². The van der Waals surface area contributed by atoms with Gasteiger partial charge in [0.1, 0.15) is 5.69 Å². The Balaban J connectivity index is 1.50. The zero-order valence-corrected chi connectivity index (χ0v) is 23.7. The van der Waals surface area contributed by atoms with Gasteiger partial charge in [-0.05, 0) is 61.7 Å². The second-order valence-electron chi connectivity index (χ2n) is 10.1. The van der Waals surface area contributed by atoms with Crippen molar-refractivity contribution < 1.29 is 14.0 Å². The van der Waals surface area contributed by atoms with Gasteiger partial charge in [0.2, 0.25) is 5.91 Å². The zero-order chi connectivity index (χ0) is 30.0. The standard InChI is InChI=1S/C29H29ClFN9O2/c1-15-5-3-7-21(36-28(42)26-16(2)40(39-38-26)24-8-4-6-20(30)25(24)31)23-13-17(11-12-34-23)19-10-9-18(35-29(32)33)14-22(19)37-27(15)41/h4,6,8-15,21H,3,5,7H2,1-2H3,(H,36,42)(H,37,41)(H4,32,33,35). The van der Waals surface area contributed by atoms with Gasteiger partial charge in [-0.25, -0.2) is 14.1 Å². The average molecular weight is 590 g/mol. The van der Waals surface area contributed by atoms with Crippen molar-refractivity contribution in [2.45, 2.75) is 39.2 Å². The van der Waals surface area contributed by atoms with Crippen LogP contribution in [-0.4, -0.2) is 37.8 Å². The molecule has 5 rings (SSSR count). The van der Waals surface area contributed by atoms with Gasteiger partial charge in [-0.15, -0.1) is 5.10 Å². The number of halogens is 2. The van der Waals surface area contributed by atoms with Gasteiger partial charge in [-0.2, -0.15) is 0 Å². The Morgan fingerprint density at radius 2 is 2.00 bits per heavy atom. The van der Waals surface area contributed by atoms with E-state index in [1.807, 2.05) is 25.1 Å². The van der Waals surface area contributed by atoms with Gasteiger partial charge in [0, 0.05) is 17.7 Å². The van der Waals surface area contributed by atoms with E-state index in [9.17, 15) is 14.0 Å². The monoisotopic (exact) mass is 589 g/mol. The van der Waals surface area contributed by atoms with Crippen molar-refractivity contribution in [2.24, 2.45) is 22.4 Å². The van der Waals surface area contributed by atoms with Crippen molar-refractivity contribution in [3.63, 3.8) is 0 Å². The lowest BCUT2D eigenvalue weighted by Gasteiger charge is -2.22. The van der Waals surface area contributed by atoms with Gasteiger partial charge in [0.25, 0.3) is 5.91 Å². The summed E-state index contributed by atoms with van der Waals surface area (Å²) in [6.45, 7) is 3.48. The van der Waals surface area contributed by atoms with Gasteiger partial charge in [-0.1, -0.05) is 42.3 Å². The van der Waals surface area contributed by atoms with Gasteiger partial charge in [-0.3, -0.25) is 14.6 Å². The molecule has 0 saturated carbocycles. The molecule has 2 aromatic carbocycles. The number of benzene rings is 2. The molecule has 2 unspecified atom stereocenters. The van der Waals surface area contributed by atoms with E-state index in [1.165, 1.54) is 16.8 Å². The summed E-state index contributed by atoms with van der Waals surface area (Å²) in [5.74, 6) is -1.70. The van der Waals surface area contributed by atoms with E-state index >= 15 is 0 Å². The lowest BCUT2D eigenvalue weighted by Crippen LogP contribution is -2.30.